The van der Waals surface area contributed by atoms with E-state index in [-0.39, 0.29) is 6.10 Å². The van der Waals surface area contributed by atoms with E-state index in [1.165, 1.54) is 24.0 Å². The number of aliphatic hydroxyl groups is 1. The Morgan fingerprint density at radius 3 is 2.81 bits per heavy atom. The van der Waals surface area contributed by atoms with Gasteiger partial charge in [-0.25, -0.2) is 0 Å². The standard InChI is InChI=1S/C15H22O/c1-3-6-11(2)9-15(16)14-10-12-7-4-5-8-13(12)14/h4-5,7-8,11,14-16H,3,6,9-10H2,1-2H3. The normalized spacial score (nSPS) is 22.1. The van der Waals surface area contributed by atoms with E-state index < -0.39 is 0 Å². The molecule has 3 unspecified atom stereocenters. The van der Waals surface area contributed by atoms with Gasteiger partial charge < -0.3 is 5.11 Å². The van der Waals surface area contributed by atoms with Gasteiger partial charge in [0.2, 0.25) is 0 Å². The van der Waals surface area contributed by atoms with Crippen molar-refractivity contribution in [3.05, 3.63) is 35.4 Å². The van der Waals surface area contributed by atoms with Crippen LogP contribution in [0.4, 0.5) is 0 Å². The van der Waals surface area contributed by atoms with Gasteiger partial charge in [0, 0.05) is 5.92 Å². The predicted octanol–water partition coefficient (Wildman–Crippen LogP) is 3.51. The van der Waals surface area contributed by atoms with E-state index in [2.05, 4.69) is 38.1 Å². The first-order valence-corrected chi connectivity index (χ1v) is 6.48. The first-order valence-electron chi connectivity index (χ1n) is 6.48. The molecule has 1 nitrogen and oxygen atoms in total. The lowest BCUT2D eigenvalue weighted by Crippen LogP contribution is -2.30. The van der Waals surface area contributed by atoms with Gasteiger partial charge >= 0.3 is 0 Å². The first kappa shape index (κ1) is 11.7. The van der Waals surface area contributed by atoms with Gasteiger partial charge in [-0.05, 0) is 29.9 Å². The van der Waals surface area contributed by atoms with Crippen LogP contribution in [0, 0.1) is 5.92 Å². The molecule has 1 aromatic rings. The van der Waals surface area contributed by atoms with Crippen molar-refractivity contribution in [3.8, 4) is 0 Å². The smallest absolute Gasteiger partial charge is 0.0614 e. The molecule has 16 heavy (non-hydrogen) atoms. The minimum absolute atomic E-state index is 0.142. The van der Waals surface area contributed by atoms with Crippen molar-refractivity contribution in [1.82, 2.24) is 0 Å². The summed E-state index contributed by atoms with van der Waals surface area (Å²) in [6.45, 7) is 4.46. The van der Waals surface area contributed by atoms with Gasteiger partial charge in [0.25, 0.3) is 0 Å². The molecular weight excluding hydrogens is 196 g/mol. The Kier molecular flexibility index (Phi) is 3.65. The Bertz CT molecular complexity index is 345. The summed E-state index contributed by atoms with van der Waals surface area (Å²) in [5.41, 5.74) is 2.80. The van der Waals surface area contributed by atoms with E-state index in [0.29, 0.717) is 11.8 Å². The SMILES string of the molecule is CCCC(C)CC(O)C1Cc2ccccc21. The molecule has 1 heteroatoms. The van der Waals surface area contributed by atoms with E-state index >= 15 is 0 Å². The molecule has 0 saturated carbocycles. The van der Waals surface area contributed by atoms with E-state index in [1.807, 2.05) is 0 Å². The molecule has 1 aliphatic carbocycles. The predicted molar refractivity (Wildman–Crippen MR) is 67.6 cm³/mol. The molecule has 88 valence electrons. The molecule has 0 spiro atoms. The summed E-state index contributed by atoms with van der Waals surface area (Å²) >= 11 is 0. The third-order valence-electron chi connectivity index (χ3n) is 3.78. The van der Waals surface area contributed by atoms with Crippen LogP contribution in [0.15, 0.2) is 24.3 Å². The van der Waals surface area contributed by atoms with Crippen molar-refractivity contribution in [2.24, 2.45) is 5.92 Å². The second-order valence-corrected chi connectivity index (χ2v) is 5.21. The lowest BCUT2D eigenvalue weighted by Gasteiger charge is -2.35. The highest BCUT2D eigenvalue weighted by Gasteiger charge is 2.31. The van der Waals surface area contributed by atoms with Crippen LogP contribution in [0.25, 0.3) is 0 Å². The molecule has 0 fully saturated rings. The van der Waals surface area contributed by atoms with E-state index in [1.54, 1.807) is 0 Å². The van der Waals surface area contributed by atoms with Crippen molar-refractivity contribution in [2.75, 3.05) is 0 Å². The van der Waals surface area contributed by atoms with Gasteiger partial charge in [0.05, 0.1) is 6.10 Å². The maximum absolute atomic E-state index is 10.2. The summed E-state index contributed by atoms with van der Waals surface area (Å²) < 4.78 is 0. The van der Waals surface area contributed by atoms with Crippen molar-refractivity contribution < 1.29 is 5.11 Å². The Balaban J connectivity index is 1.91. The summed E-state index contributed by atoms with van der Waals surface area (Å²) in [7, 11) is 0. The molecule has 0 bridgehead atoms. The second-order valence-electron chi connectivity index (χ2n) is 5.21. The van der Waals surface area contributed by atoms with Gasteiger partial charge in [0.15, 0.2) is 0 Å². The summed E-state index contributed by atoms with van der Waals surface area (Å²) in [5.74, 6) is 1.04. The number of fused-ring (bicyclic) bond motifs is 1. The number of benzene rings is 1. The van der Waals surface area contributed by atoms with Crippen LogP contribution in [-0.4, -0.2) is 11.2 Å². The molecule has 1 aromatic carbocycles. The number of rotatable bonds is 5. The third kappa shape index (κ3) is 2.30. The van der Waals surface area contributed by atoms with E-state index in [4.69, 9.17) is 0 Å². The molecule has 0 aromatic heterocycles. The second kappa shape index (κ2) is 5.01. The van der Waals surface area contributed by atoms with Crippen LogP contribution in [0.3, 0.4) is 0 Å². The van der Waals surface area contributed by atoms with Crippen LogP contribution >= 0.6 is 0 Å². The fourth-order valence-corrected chi connectivity index (χ4v) is 2.83. The average Bonchev–Trinajstić information content (AvgIpc) is 2.20. The maximum atomic E-state index is 10.2. The van der Waals surface area contributed by atoms with Crippen molar-refractivity contribution in [1.29, 1.82) is 0 Å². The Morgan fingerprint density at radius 1 is 1.38 bits per heavy atom. The molecule has 2 rings (SSSR count). The lowest BCUT2D eigenvalue weighted by molar-refractivity contribution is 0.106. The summed E-state index contributed by atoms with van der Waals surface area (Å²) in [6, 6.07) is 8.50. The Morgan fingerprint density at radius 2 is 2.12 bits per heavy atom. The van der Waals surface area contributed by atoms with Crippen molar-refractivity contribution in [3.63, 3.8) is 0 Å². The molecule has 1 N–H and O–H groups in total. The number of hydrogen-bond acceptors (Lipinski definition) is 1. The molecule has 0 radical (unpaired) electrons. The minimum atomic E-state index is -0.142. The summed E-state index contributed by atoms with van der Waals surface area (Å²) in [6.07, 6.45) is 4.32. The van der Waals surface area contributed by atoms with Gasteiger partial charge in [-0.2, -0.15) is 0 Å². The topological polar surface area (TPSA) is 20.2 Å². The average molecular weight is 218 g/mol. The highest BCUT2D eigenvalue weighted by molar-refractivity contribution is 5.40. The molecule has 0 aliphatic heterocycles. The zero-order chi connectivity index (χ0) is 11.5. The van der Waals surface area contributed by atoms with Crippen LogP contribution in [0.5, 0.6) is 0 Å². The number of aliphatic hydroxyl groups excluding tert-OH is 1. The minimum Gasteiger partial charge on any atom is -0.392 e. The van der Waals surface area contributed by atoms with Crippen LogP contribution in [0.1, 0.15) is 50.2 Å². The highest BCUT2D eigenvalue weighted by Crippen LogP contribution is 2.39. The van der Waals surface area contributed by atoms with Crippen LogP contribution < -0.4 is 0 Å². The summed E-state index contributed by atoms with van der Waals surface area (Å²) in [5, 5.41) is 10.2. The van der Waals surface area contributed by atoms with Gasteiger partial charge in [0.1, 0.15) is 0 Å². The maximum Gasteiger partial charge on any atom is 0.0614 e. The molecule has 1 aliphatic rings. The quantitative estimate of drug-likeness (QED) is 0.801. The molecule has 0 saturated heterocycles. The molecule has 0 amide bonds. The van der Waals surface area contributed by atoms with E-state index in [9.17, 15) is 5.11 Å². The van der Waals surface area contributed by atoms with Crippen LogP contribution in [-0.2, 0) is 6.42 Å². The fourth-order valence-electron chi connectivity index (χ4n) is 2.83. The van der Waals surface area contributed by atoms with E-state index in [0.717, 1.165) is 12.8 Å². The molecule has 3 atom stereocenters. The Hall–Kier alpha value is -0.820. The third-order valence-corrected chi connectivity index (χ3v) is 3.78. The van der Waals surface area contributed by atoms with Crippen LogP contribution in [0.2, 0.25) is 0 Å². The van der Waals surface area contributed by atoms with Gasteiger partial charge in [-0.3, -0.25) is 0 Å². The van der Waals surface area contributed by atoms with Gasteiger partial charge in [-0.1, -0.05) is 51.0 Å². The monoisotopic (exact) mass is 218 g/mol. The van der Waals surface area contributed by atoms with Crippen molar-refractivity contribution >= 4 is 0 Å². The lowest BCUT2D eigenvalue weighted by atomic mass is 9.72. The van der Waals surface area contributed by atoms with Crippen molar-refractivity contribution in [2.45, 2.75) is 51.6 Å². The highest BCUT2D eigenvalue weighted by atomic mass is 16.3. The zero-order valence-electron chi connectivity index (χ0n) is 10.3. The Labute approximate surface area is 98.5 Å². The zero-order valence-corrected chi connectivity index (χ0v) is 10.3. The fraction of sp³-hybridized carbons (Fsp3) is 0.600. The largest absolute Gasteiger partial charge is 0.392 e. The first-order chi connectivity index (χ1) is 7.72. The molecule has 0 heterocycles. The van der Waals surface area contributed by atoms with Gasteiger partial charge in [-0.15, -0.1) is 0 Å². The number of hydrogen-bond donors (Lipinski definition) is 1. The summed E-state index contributed by atoms with van der Waals surface area (Å²) in [4.78, 5) is 0. The molecular formula is C15H22O.